The van der Waals surface area contributed by atoms with Gasteiger partial charge in [0.2, 0.25) is 11.8 Å². The Bertz CT molecular complexity index is 1180. The van der Waals surface area contributed by atoms with Crippen LogP contribution in [0.1, 0.15) is 53.4 Å². The van der Waals surface area contributed by atoms with Crippen molar-refractivity contribution in [2.24, 2.45) is 5.92 Å². The van der Waals surface area contributed by atoms with Gasteiger partial charge in [-0.05, 0) is 71.5 Å². The molecule has 1 aliphatic heterocycles. The van der Waals surface area contributed by atoms with Crippen molar-refractivity contribution in [3.63, 3.8) is 0 Å². The summed E-state index contributed by atoms with van der Waals surface area (Å²) in [7, 11) is 1.63. The van der Waals surface area contributed by atoms with E-state index in [1.54, 1.807) is 23.3 Å². The average molecular weight is 505 g/mol. The highest BCUT2D eigenvalue weighted by molar-refractivity contribution is 7.10. The minimum Gasteiger partial charge on any atom is -0.497 e. The maximum atomic E-state index is 13.8. The lowest BCUT2D eigenvalue weighted by Crippen LogP contribution is -2.47. The van der Waals surface area contributed by atoms with Gasteiger partial charge in [-0.3, -0.25) is 9.59 Å². The van der Waals surface area contributed by atoms with Crippen LogP contribution in [-0.4, -0.2) is 48.4 Å². The van der Waals surface area contributed by atoms with Crippen LogP contribution in [0, 0.1) is 12.8 Å². The number of carbonyl (C=O) groups excluding carboxylic acids is 2. The first-order valence-corrected chi connectivity index (χ1v) is 13.6. The van der Waals surface area contributed by atoms with Gasteiger partial charge in [0.05, 0.1) is 26.1 Å². The molecule has 0 fully saturated rings. The molecule has 0 saturated heterocycles. The van der Waals surface area contributed by atoms with Crippen LogP contribution in [0.5, 0.6) is 5.75 Å². The molecule has 5 nitrogen and oxygen atoms in total. The van der Waals surface area contributed by atoms with Crippen LogP contribution in [0.25, 0.3) is 0 Å². The van der Waals surface area contributed by atoms with E-state index in [2.05, 4.69) is 44.4 Å². The standard InChI is InChI=1S/C30H36N2O3S/c1-21(2)13-16-31(28(33)19-23-9-11-24(35-4)12-10-23)20-29(34)32-17-14-27-26(15-18-36-27)30(32)25-8-6-5-7-22(25)3/h5-12,15,18,21,30H,13-14,16-17,19-20H2,1-4H3. The van der Waals surface area contributed by atoms with E-state index in [1.807, 2.05) is 41.3 Å². The molecular formula is C30H36N2O3S. The molecule has 0 N–H and O–H groups in total. The molecule has 0 radical (unpaired) electrons. The second kappa shape index (κ2) is 11.7. The van der Waals surface area contributed by atoms with Gasteiger partial charge in [-0.15, -0.1) is 11.3 Å². The third kappa shape index (κ3) is 5.98. The minimum atomic E-state index is -0.114. The molecule has 6 heteroatoms. The Morgan fingerprint density at radius 3 is 2.53 bits per heavy atom. The van der Waals surface area contributed by atoms with E-state index in [4.69, 9.17) is 4.74 Å². The monoisotopic (exact) mass is 504 g/mol. The topological polar surface area (TPSA) is 49.9 Å². The van der Waals surface area contributed by atoms with Gasteiger partial charge < -0.3 is 14.5 Å². The summed E-state index contributed by atoms with van der Waals surface area (Å²) in [6.07, 6.45) is 1.98. The van der Waals surface area contributed by atoms with E-state index in [0.717, 1.165) is 29.7 Å². The smallest absolute Gasteiger partial charge is 0.242 e. The predicted octanol–water partition coefficient (Wildman–Crippen LogP) is 5.66. The number of thiophene rings is 1. The van der Waals surface area contributed by atoms with E-state index in [-0.39, 0.29) is 30.8 Å². The number of hydrogen-bond acceptors (Lipinski definition) is 4. The number of methoxy groups -OCH3 is 1. The number of carbonyl (C=O) groups is 2. The molecule has 1 aliphatic rings. The van der Waals surface area contributed by atoms with Crippen LogP contribution >= 0.6 is 11.3 Å². The first-order chi connectivity index (χ1) is 17.4. The zero-order valence-electron chi connectivity index (χ0n) is 21.7. The third-order valence-electron chi connectivity index (χ3n) is 6.94. The summed E-state index contributed by atoms with van der Waals surface area (Å²) in [5.41, 5.74) is 4.46. The van der Waals surface area contributed by atoms with Crippen LogP contribution < -0.4 is 4.74 Å². The quantitative estimate of drug-likeness (QED) is 0.378. The van der Waals surface area contributed by atoms with Crippen molar-refractivity contribution in [1.29, 1.82) is 0 Å². The molecule has 36 heavy (non-hydrogen) atoms. The van der Waals surface area contributed by atoms with Gasteiger partial charge in [0.1, 0.15) is 5.75 Å². The molecule has 2 amide bonds. The Morgan fingerprint density at radius 1 is 1.08 bits per heavy atom. The van der Waals surface area contributed by atoms with Crippen molar-refractivity contribution in [1.82, 2.24) is 9.80 Å². The third-order valence-corrected chi connectivity index (χ3v) is 7.94. The second-order valence-electron chi connectivity index (χ2n) is 9.92. The Balaban J connectivity index is 1.56. The molecule has 4 rings (SSSR count). The lowest BCUT2D eigenvalue weighted by Gasteiger charge is -2.38. The van der Waals surface area contributed by atoms with Crippen molar-refractivity contribution >= 4 is 23.2 Å². The Labute approximate surface area is 218 Å². The van der Waals surface area contributed by atoms with Gasteiger partial charge in [-0.1, -0.05) is 50.2 Å². The zero-order valence-corrected chi connectivity index (χ0v) is 22.5. The molecule has 2 aromatic carbocycles. The van der Waals surface area contributed by atoms with Gasteiger partial charge in [-0.2, -0.15) is 0 Å². The van der Waals surface area contributed by atoms with E-state index in [0.29, 0.717) is 19.0 Å². The number of benzene rings is 2. The number of ether oxygens (including phenoxy) is 1. The summed E-state index contributed by atoms with van der Waals surface area (Å²) >= 11 is 1.77. The largest absolute Gasteiger partial charge is 0.497 e. The lowest BCUT2D eigenvalue weighted by atomic mass is 9.90. The number of hydrogen-bond donors (Lipinski definition) is 0. The Morgan fingerprint density at radius 2 is 1.83 bits per heavy atom. The van der Waals surface area contributed by atoms with Crippen molar-refractivity contribution in [2.75, 3.05) is 26.7 Å². The van der Waals surface area contributed by atoms with Crippen LogP contribution in [-0.2, 0) is 22.4 Å². The summed E-state index contributed by atoms with van der Waals surface area (Å²) in [5, 5.41) is 2.12. The molecular weight excluding hydrogens is 468 g/mol. The second-order valence-corrected chi connectivity index (χ2v) is 10.9. The van der Waals surface area contributed by atoms with Crippen LogP contribution in [0.4, 0.5) is 0 Å². The van der Waals surface area contributed by atoms with Crippen LogP contribution in [0.3, 0.4) is 0 Å². The van der Waals surface area contributed by atoms with E-state index in [1.165, 1.54) is 16.0 Å². The maximum absolute atomic E-state index is 13.8. The first-order valence-electron chi connectivity index (χ1n) is 12.7. The van der Waals surface area contributed by atoms with Crippen molar-refractivity contribution in [2.45, 2.75) is 46.1 Å². The minimum absolute atomic E-state index is 0.00643. The molecule has 0 spiro atoms. The summed E-state index contributed by atoms with van der Waals surface area (Å²) in [5.74, 6) is 1.19. The highest BCUT2D eigenvalue weighted by atomic mass is 32.1. The van der Waals surface area contributed by atoms with Gasteiger partial charge in [-0.25, -0.2) is 0 Å². The number of rotatable bonds is 9. The number of nitrogens with zero attached hydrogens (tertiary/aromatic N) is 2. The molecule has 0 saturated carbocycles. The molecule has 0 bridgehead atoms. The van der Waals surface area contributed by atoms with Crippen molar-refractivity contribution < 1.29 is 14.3 Å². The SMILES string of the molecule is COc1ccc(CC(=O)N(CCC(C)C)CC(=O)N2CCc3sccc3C2c2ccccc2C)cc1. The molecule has 2 heterocycles. The summed E-state index contributed by atoms with van der Waals surface area (Å²) < 4.78 is 5.24. The van der Waals surface area contributed by atoms with Gasteiger partial charge in [0.15, 0.2) is 0 Å². The summed E-state index contributed by atoms with van der Waals surface area (Å²) in [4.78, 5) is 32.3. The van der Waals surface area contributed by atoms with E-state index >= 15 is 0 Å². The molecule has 1 atom stereocenters. The highest BCUT2D eigenvalue weighted by Gasteiger charge is 2.34. The maximum Gasteiger partial charge on any atom is 0.242 e. The van der Waals surface area contributed by atoms with Crippen LogP contribution in [0.15, 0.2) is 60.0 Å². The molecule has 0 aliphatic carbocycles. The number of aryl methyl sites for hydroxylation is 1. The first kappa shape index (κ1) is 26.0. The van der Waals surface area contributed by atoms with Crippen molar-refractivity contribution in [3.8, 4) is 5.75 Å². The number of amides is 2. The fourth-order valence-electron chi connectivity index (χ4n) is 4.80. The molecule has 3 aromatic rings. The molecule has 1 unspecified atom stereocenters. The fraction of sp³-hybridized carbons (Fsp3) is 0.400. The fourth-order valence-corrected chi connectivity index (χ4v) is 5.71. The van der Waals surface area contributed by atoms with Gasteiger partial charge in [0, 0.05) is 18.0 Å². The summed E-state index contributed by atoms with van der Waals surface area (Å²) in [6, 6.07) is 17.9. The Hall–Kier alpha value is -3.12. The highest BCUT2D eigenvalue weighted by Crippen LogP contribution is 2.39. The predicted molar refractivity (Wildman–Crippen MR) is 145 cm³/mol. The molecule has 1 aromatic heterocycles. The Kier molecular flexibility index (Phi) is 8.47. The van der Waals surface area contributed by atoms with Crippen LogP contribution in [0.2, 0.25) is 0 Å². The normalized spacial score (nSPS) is 15.0. The molecule has 190 valence electrons. The van der Waals surface area contributed by atoms with Gasteiger partial charge in [0.25, 0.3) is 0 Å². The van der Waals surface area contributed by atoms with E-state index in [9.17, 15) is 9.59 Å². The zero-order chi connectivity index (χ0) is 25.7. The van der Waals surface area contributed by atoms with Gasteiger partial charge >= 0.3 is 0 Å². The lowest BCUT2D eigenvalue weighted by molar-refractivity contribution is -0.141. The van der Waals surface area contributed by atoms with E-state index < -0.39 is 0 Å². The van der Waals surface area contributed by atoms with Crippen molar-refractivity contribution in [3.05, 3.63) is 87.1 Å². The number of fused-ring (bicyclic) bond motifs is 1. The average Bonchev–Trinajstić information content (AvgIpc) is 3.35. The summed E-state index contributed by atoms with van der Waals surface area (Å²) in [6.45, 7) is 7.73.